The van der Waals surface area contributed by atoms with E-state index in [1.807, 2.05) is 42.5 Å². The number of amides is 2. The molecule has 0 saturated carbocycles. The van der Waals surface area contributed by atoms with Gasteiger partial charge in [-0.05, 0) is 42.9 Å². The molecule has 1 heterocycles. The summed E-state index contributed by atoms with van der Waals surface area (Å²) >= 11 is 1.43. The molecule has 0 saturated heterocycles. The molecule has 2 amide bonds. The molecule has 0 radical (unpaired) electrons. The van der Waals surface area contributed by atoms with Crippen LogP contribution in [0.15, 0.2) is 54.6 Å². The van der Waals surface area contributed by atoms with E-state index < -0.39 is 0 Å². The van der Waals surface area contributed by atoms with Crippen LogP contribution in [0, 0.1) is 0 Å². The van der Waals surface area contributed by atoms with E-state index in [-0.39, 0.29) is 17.1 Å². The van der Waals surface area contributed by atoms with Crippen molar-refractivity contribution in [2.24, 2.45) is 0 Å². The minimum atomic E-state index is -0.183. The van der Waals surface area contributed by atoms with E-state index in [2.05, 4.69) is 22.8 Å². The lowest BCUT2D eigenvalue weighted by molar-refractivity contribution is -0.118. The van der Waals surface area contributed by atoms with E-state index in [9.17, 15) is 9.59 Å². The summed E-state index contributed by atoms with van der Waals surface area (Å²) in [6, 6.07) is 18.1. The number of nitrogens with one attached hydrogen (secondary N) is 2. The molecule has 2 N–H and O–H groups in total. The fourth-order valence-electron chi connectivity index (χ4n) is 3.04. The topological polar surface area (TPSA) is 58.2 Å². The molecule has 136 valence electrons. The van der Waals surface area contributed by atoms with Crippen molar-refractivity contribution in [1.29, 1.82) is 0 Å². The third kappa shape index (κ3) is 5.36. The fraction of sp³-hybridized carbons (Fsp3) is 0.333. The number of carbonyl (C=O) groups is 2. The molecule has 1 aliphatic rings. The van der Waals surface area contributed by atoms with Crippen LogP contribution in [-0.4, -0.2) is 29.4 Å². The molecule has 5 heteroatoms. The van der Waals surface area contributed by atoms with Crippen LogP contribution in [-0.2, 0) is 22.4 Å². The van der Waals surface area contributed by atoms with Crippen molar-refractivity contribution in [2.75, 3.05) is 17.6 Å². The lowest BCUT2D eigenvalue weighted by atomic mass is 10.1. The molecule has 26 heavy (non-hydrogen) atoms. The number of anilines is 1. The zero-order valence-corrected chi connectivity index (χ0v) is 15.6. The quantitative estimate of drug-likeness (QED) is 0.736. The molecule has 0 unspecified atom stereocenters. The second-order valence-corrected chi connectivity index (χ2v) is 7.61. The second-order valence-electron chi connectivity index (χ2n) is 6.42. The van der Waals surface area contributed by atoms with Gasteiger partial charge in [-0.15, -0.1) is 11.8 Å². The predicted molar refractivity (Wildman–Crippen MR) is 107 cm³/mol. The Hall–Kier alpha value is -2.27. The van der Waals surface area contributed by atoms with Gasteiger partial charge in [0.05, 0.1) is 11.0 Å². The van der Waals surface area contributed by atoms with Gasteiger partial charge in [0.15, 0.2) is 0 Å². The summed E-state index contributed by atoms with van der Waals surface area (Å²) in [4.78, 5) is 24.4. The van der Waals surface area contributed by atoms with Gasteiger partial charge in [-0.25, -0.2) is 0 Å². The number of hydrogen-bond acceptors (Lipinski definition) is 3. The summed E-state index contributed by atoms with van der Waals surface area (Å²) in [6.45, 7) is 0.663. The predicted octanol–water partition coefficient (Wildman–Crippen LogP) is 3.42. The molecule has 2 aromatic rings. The zero-order valence-electron chi connectivity index (χ0n) is 14.7. The highest BCUT2D eigenvalue weighted by Crippen LogP contribution is 2.26. The summed E-state index contributed by atoms with van der Waals surface area (Å²) in [6.07, 6.45) is 3.48. The lowest BCUT2D eigenvalue weighted by Gasteiger charge is -2.12. The summed E-state index contributed by atoms with van der Waals surface area (Å²) in [5.41, 5.74) is 3.34. The van der Waals surface area contributed by atoms with E-state index in [4.69, 9.17) is 0 Å². The van der Waals surface area contributed by atoms with Crippen LogP contribution < -0.4 is 10.6 Å². The molecule has 1 atom stereocenters. The second kappa shape index (κ2) is 9.43. The maximum Gasteiger partial charge on any atom is 0.237 e. The summed E-state index contributed by atoms with van der Waals surface area (Å²) < 4.78 is 0. The third-order valence-electron chi connectivity index (χ3n) is 4.47. The Labute approximate surface area is 158 Å². The van der Waals surface area contributed by atoms with E-state index in [0.29, 0.717) is 12.3 Å². The first-order valence-electron chi connectivity index (χ1n) is 9.03. The molecule has 0 spiro atoms. The van der Waals surface area contributed by atoms with Crippen LogP contribution in [0.4, 0.5) is 5.69 Å². The summed E-state index contributed by atoms with van der Waals surface area (Å²) in [5, 5.41) is 5.74. The molecule has 0 aromatic heterocycles. The average Bonchev–Trinajstić information content (AvgIpc) is 2.82. The number of aryl methyl sites for hydroxylation is 2. The van der Waals surface area contributed by atoms with Gasteiger partial charge in [0.2, 0.25) is 11.8 Å². The number of rotatable bonds is 7. The van der Waals surface area contributed by atoms with Crippen molar-refractivity contribution in [3.05, 3.63) is 65.7 Å². The highest BCUT2D eigenvalue weighted by molar-refractivity contribution is 8.01. The number of thioether (sulfide) groups is 1. The van der Waals surface area contributed by atoms with Crippen molar-refractivity contribution < 1.29 is 9.59 Å². The molecule has 3 rings (SSSR count). The van der Waals surface area contributed by atoms with Crippen LogP contribution in [0.3, 0.4) is 0 Å². The molecule has 0 aliphatic carbocycles. The molecular weight excluding hydrogens is 344 g/mol. The van der Waals surface area contributed by atoms with Crippen LogP contribution in [0.25, 0.3) is 0 Å². The fourth-order valence-corrected chi connectivity index (χ4v) is 3.99. The van der Waals surface area contributed by atoms with Gasteiger partial charge in [-0.2, -0.15) is 0 Å². The van der Waals surface area contributed by atoms with Crippen LogP contribution in [0.2, 0.25) is 0 Å². The van der Waals surface area contributed by atoms with Crippen molar-refractivity contribution in [2.45, 2.75) is 30.9 Å². The minimum Gasteiger partial charge on any atom is -0.355 e. The van der Waals surface area contributed by atoms with Gasteiger partial charge in [-0.1, -0.05) is 48.5 Å². The first-order valence-corrected chi connectivity index (χ1v) is 10.1. The van der Waals surface area contributed by atoms with Crippen LogP contribution >= 0.6 is 11.8 Å². The SMILES string of the molecule is O=C(CS[C@@H]1CCc2ccccc2NC1=O)NCCCc1ccccc1. The maximum atomic E-state index is 12.3. The van der Waals surface area contributed by atoms with E-state index in [1.54, 1.807) is 0 Å². The van der Waals surface area contributed by atoms with Crippen LogP contribution in [0.5, 0.6) is 0 Å². The number of carbonyl (C=O) groups excluding carboxylic acids is 2. The summed E-state index contributed by atoms with van der Waals surface area (Å²) in [5.74, 6) is 0.314. The van der Waals surface area contributed by atoms with Crippen LogP contribution in [0.1, 0.15) is 24.0 Å². The lowest BCUT2D eigenvalue weighted by Crippen LogP contribution is -2.30. The Balaban J connectivity index is 1.37. The van der Waals surface area contributed by atoms with E-state index in [1.165, 1.54) is 17.3 Å². The molecule has 4 nitrogen and oxygen atoms in total. The maximum absolute atomic E-state index is 12.3. The number of hydrogen-bond donors (Lipinski definition) is 2. The normalized spacial score (nSPS) is 16.3. The Morgan fingerprint density at radius 2 is 1.88 bits per heavy atom. The molecule has 0 fully saturated rings. The third-order valence-corrected chi connectivity index (χ3v) is 5.75. The number of fused-ring (bicyclic) bond motifs is 1. The number of benzene rings is 2. The standard InChI is InChI=1S/C21H24N2O2S/c24-20(22-14-6-9-16-7-2-1-3-8-16)15-26-19-13-12-17-10-4-5-11-18(17)23-21(19)25/h1-5,7-8,10-11,19H,6,9,12-15H2,(H,22,24)(H,23,25)/t19-/m1/s1. The first kappa shape index (κ1) is 18.5. The van der Waals surface area contributed by atoms with Gasteiger partial charge in [0.25, 0.3) is 0 Å². The zero-order chi connectivity index (χ0) is 18.2. The Morgan fingerprint density at radius 1 is 1.12 bits per heavy atom. The molecule has 2 aromatic carbocycles. The van der Waals surface area contributed by atoms with Crippen molar-refractivity contribution >= 4 is 29.3 Å². The van der Waals surface area contributed by atoms with E-state index >= 15 is 0 Å². The minimum absolute atomic E-state index is 0.00220. The highest BCUT2D eigenvalue weighted by atomic mass is 32.2. The molecule has 0 bridgehead atoms. The van der Waals surface area contributed by atoms with Gasteiger partial charge < -0.3 is 10.6 Å². The smallest absolute Gasteiger partial charge is 0.237 e. The van der Waals surface area contributed by atoms with Gasteiger partial charge in [0.1, 0.15) is 0 Å². The first-order chi connectivity index (χ1) is 12.7. The summed E-state index contributed by atoms with van der Waals surface area (Å²) in [7, 11) is 0. The molecule has 1 aliphatic heterocycles. The Morgan fingerprint density at radius 3 is 2.73 bits per heavy atom. The number of para-hydroxylation sites is 1. The van der Waals surface area contributed by atoms with Gasteiger partial charge in [-0.3, -0.25) is 9.59 Å². The molecular formula is C21H24N2O2S. The Bertz CT molecular complexity index is 749. The van der Waals surface area contributed by atoms with Gasteiger partial charge in [0, 0.05) is 12.2 Å². The average molecular weight is 369 g/mol. The highest BCUT2D eigenvalue weighted by Gasteiger charge is 2.24. The van der Waals surface area contributed by atoms with Crippen molar-refractivity contribution in [3.63, 3.8) is 0 Å². The largest absolute Gasteiger partial charge is 0.355 e. The van der Waals surface area contributed by atoms with Gasteiger partial charge >= 0.3 is 0 Å². The van der Waals surface area contributed by atoms with Crippen molar-refractivity contribution in [1.82, 2.24) is 5.32 Å². The van der Waals surface area contributed by atoms with E-state index in [0.717, 1.165) is 36.9 Å². The monoisotopic (exact) mass is 368 g/mol. The Kier molecular flexibility index (Phi) is 6.72. The van der Waals surface area contributed by atoms with Crippen molar-refractivity contribution in [3.8, 4) is 0 Å².